The largest absolute Gasteiger partial charge is 0.361 e. The van der Waals surface area contributed by atoms with Gasteiger partial charge in [-0.2, -0.15) is 0 Å². The van der Waals surface area contributed by atoms with E-state index in [2.05, 4.69) is 4.98 Å². The van der Waals surface area contributed by atoms with Gasteiger partial charge in [-0.05, 0) is 24.5 Å². The number of nitrogens with zero attached hydrogens (tertiary/aromatic N) is 2. The van der Waals surface area contributed by atoms with Crippen LogP contribution in [0.3, 0.4) is 0 Å². The molecule has 5 nitrogen and oxygen atoms in total. The Morgan fingerprint density at radius 3 is 2.46 bits per heavy atom. The summed E-state index contributed by atoms with van der Waals surface area (Å²) in [5, 5.41) is 1.12. The first kappa shape index (κ1) is 15.2. The molecule has 2 aromatic rings. The highest BCUT2D eigenvalue weighted by Gasteiger charge is 2.32. The van der Waals surface area contributed by atoms with Gasteiger partial charge in [0.15, 0.2) is 0 Å². The Bertz CT molecular complexity index is 755. The molecule has 1 aliphatic heterocycles. The fourth-order valence-electron chi connectivity index (χ4n) is 3.64. The molecule has 0 atom stereocenters. The van der Waals surface area contributed by atoms with E-state index in [1.165, 1.54) is 6.42 Å². The predicted molar refractivity (Wildman–Crippen MR) is 92.5 cm³/mol. The molecule has 2 heterocycles. The molecule has 5 heteroatoms. The van der Waals surface area contributed by atoms with Crippen LogP contribution in [0.1, 0.15) is 24.8 Å². The first-order chi connectivity index (χ1) is 11.7. The number of para-hydroxylation sites is 1. The topological polar surface area (TPSA) is 56.4 Å². The number of benzene rings is 1. The molecule has 2 aliphatic rings. The van der Waals surface area contributed by atoms with Crippen LogP contribution in [0, 0.1) is 5.92 Å². The molecule has 2 amide bonds. The van der Waals surface area contributed by atoms with Crippen molar-refractivity contribution in [2.75, 3.05) is 26.2 Å². The molecule has 0 bridgehead atoms. The maximum Gasteiger partial charge on any atom is 0.227 e. The van der Waals surface area contributed by atoms with Crippen LogP contribution in [0.25, 0.3) is 10.9 Å². The normalized spacial score (nSPS) is 18.7. The minimum absolute atomic E-state index is 0.149. The van der Waals surface area contributed by atoms with Gasteiger partial charge in [-0.15, -0.1) is 0 Å². The molecular formula is C19H23N3O2. The van der Waals surface area contributed by atoms with Gasteiger partial charge < -0.3 is 14.8 Å². The number of hydrogen-bond donors (Lipinski definition) is 1. The van der Waals surface area contributed by atoms with Crippen molar-refractivity contribution in [1.82, 2.24) is 14.8 Å². The zero-order valence-corrected chi connectivity index (χ0v) is 13.8. The number of piperazine rings is 1. The summed E-state index contributed by atoms with van der Waals surface area (Å²) >= 11 is 0. The quantitative estimate of drug-likeness (QED) is 0.940. The van der Waals surface area contributed by atoms with Gasteiger partial charge in [0.05, 0.1) is 6.42 Å². The van der Waals surface area contributed by atoms with Crippen molar-refractivity contribution in [2.45, 2.75) is 25.7 Å². The number of amides is 2. The number of carbonyl (C=O) groups excluding carboxylic acids is 2. The van der Waals surface area contributed by atoms with Crippen LogP contribution in [0.2, 0.25) is 0 Å². The molecule has 1 aliphatic carbocycles. The van der Waals surface area contributed by atoms with Crippen molar-refractivity contribution in [2.24, 2.45) is 5.92 Å². The second-order valence-electron chi connectivity index (χ2n) is 6.87. The van der Waals surface area contributed by atoms with Gasteiger partial charge in [0.1, 0.15) is 0 Å². The standard InChI is InChI=1S/C19H23N3O2/c23-18(12-15-13-20-17-7-2-1-6-16(15)17)21-8-10-22(11-9-21)19(24)14-4-3-5-14/h1-2,6-7,13-14,20H,3-5,8-12H2. The number of carbonyl (C=O) groups is 2. The molecule has 126 valence electrons. The van der Waals surface area contributed by atoms with Gasteiger partial charge in [-0.3, -0.25) is 9.59 Å². The summed E-state index contributed by atoms with van der Waals surface area (Å²) in [4.78, 5) is 31.9. The van der Waals surface area contributed by atoms with Gasteiger partial charge in [0.25, 0.3) is 0 Å². The number of H-pyrrole nitrogens is 1. The highest BCUT2D eigenvalue weighted by Crippen LogP contribution is 2.28. The zero-order chi connectivity index (χ0) is 16.5. The van der Waals surface area contributed by atoms with Crippen LogP contribution >= 0.6 is 0 Å². The third-order valence-corrected chi connectivity index (χ3v) is 5.42. The molecule has 24 heavy (non-hydrogen) atoms. The van der Waals surface area contributed by atoms with Crippen molar-refractivity contribution >= 4 is 22.7 Å². The second kappa shape index (κ2) is 6.30. The zero-order valence-electron chi connectivity index (χ0n) is 13.8. The minimum Gasteiger partial charge on any atom is -0.361 e. The maximum absolute atomic E-state index is 12.6. The number of rotatable bonds is 3. The average Bonchev–Trinajstić information content (AvgIpc) is 2.96. The summed E-state index contributed by atoms with van der Waals surface area (Å²) in [6.07, 6.45) is 5.61. The Morgan fingerprint density at radius 2 is 1.75 bits per heavy atom. The number of nitrogens with one attached hydrogen (secondary N) is 1. The van der Waals surface area contributed by atoms with Crippen LogP contribution in [0.4, 0.5) is 0 Å². The summed E-state index contributed by atoms with van der Waals surface area (Å²) in [5.74, 6) is 0.693. The molecule has 1 N–H and O–H groups in total. The van der Waals surface area contributed by atoms with Gasteiger partial charge >= 0.3 is 0 Å². The molecule has 2 fully saturated rings. The monoisotopic (exact) mass is 325 g/mol. The molecule has 1 saturated carbocycles. The van der Waals surface area contributed by atoms with Gasteiger partial charge in [0, 0.05) is 49.2 Å². The van der Waals surface area contributed by atoms with E-state index in [0.717, 1.165) is 29.3 Å². The third kappa shape index (κ3) is 2.79. The molecule has 1 aromatic carbocycles. The van der Waals surface area contributed by atoms with Crippen LogP contribution in [-0.2, 0) is 16.0 Å². The Balaban J connectivity index is 1.35. The lowest BCUT2D eigenvalue weighted by Gasteiger charge is -2.38. The highest BCUT2D eigenvalue weighted by atomic mass is 16.2. The average molecular weight is 325 g/mol. The molecule has 0 radical (unpaired) electrons. The van der Waals surface area contributed by atoms with Crippen LogP contribution in [-0.4, -0.2) is 52.8 Å². The Hall–Kier alpha value is -2.30. The first-order valence-corrected chi connectivity index (χ1v) is 8.84. The first-order valence-electron chi connectivity index (χ1n) is 8.84. The number of aromatic amines is 1. The fourth-order valence-corrected chi connectivity index (χ4v) is 3.64. The molecule has 4 rings (SSSR count). The van der Waals surface area contributed by atoms with Crippen LogP contribution in [0.5, 0.6) is 0 Å². The van der Waals surface area contributed by atoms with E-state index in [1.807, 2.05) is 40.3 Å². The van der Waals surface area contributed by atoms with Crippen molar-refractivity contribution in [3.63, 3.8) is 0 Å². The van der Waals surface area contributed by atoms with E-state index in [1.54, 1.807) is 0 Å². The van der Waals surface area contributed by atoms with Gasteiger partial charge in [-0.25, -0.2) is 0 Å². The lowest BCUT2D eigenvalue weighted by molar-refractivity contribution is -0.143. The number of hydrogen-bond acceptors (Lipinski definition) is 2. The summed E-state index contributed by atoms with van der Waals surface area (Å²) < 4.78 is 0. The van der Waals surface area contributed by atoms with E-state index in [9.17, 15) is 9.59 Å². The summed E-state index contributed by atoms with van der Waals surface area (Å²) in [6.45, 7) is 2.66. The summed E-state index contributed by atoms with van der Waals surface area (Å²) in [6, 6.07) is 8.05. The van der Waals surface area contributed by atoms with E-state index in [-0.39, 0.29) is 11.8 Å². The molecule has 0 unspecified atom stereocenters. The van der Waals surface area contributed by atoms with E-state index < -0.39 is 0 Å². The van der Waals surface area contributed by atoms with Crippen LogP contribution < -0.4 is 0 Å². The van der Waals surface area contributed by atoms with E-state index in [4.69, 9.17) is 0 Å². The molecule has 1 saturated heterocycles. The van der Waals surface area contributed by atoms with Crippen molar-refractivity contribution in [3.8, 4) is 0 Å². The van der Waals surface area contributed by atoms with Gasteiger partial charge in [-0.1, -0.05) is 24.6 Å². The van der Waals surface area contributed by atoms with E-state index >= 15 is 0 Å². The van der Waals surface area contributed by atoms with Gasteiger partial charge in [0.2, 0.25) is 11.8 Å². The molecule has 1 aromatic heterocycles. The van der Waals surface area contributed by atoms with Crippen molar-refractivity contribution in [3.05, 3.63) is 36.0 Å². The third-order valence-electron chi connectivity index (χ3n) is 5.42. The smallest absolute Gasteiger partial charge is 0.227 e. The minimum atomic E-state index is 0.149. The lowest BCUT2D eigenvalue weighted by Crippen LogP contribution is -2.52. The Kier molecular flexibility index (Phi) is 4.00. The molecular weight excluding hydrogens is 302 g/mol. The van der Waals surface area contributed by atoms with Crippen molar-refractivity contribution in [1.29, 1.82) is 0 Å². The second-order valence-corrected chi connectivity index (χ2v) is 6.87. The lowest BCUT2D eigenvalue weighted by atomic mass is 9.84. The summed E-state index contributed by atoms with van der Waals surface area (Å²) in [5.41, 5.74) is 2.11. The SMILES string of the molecule is O=C(Cc1c[nH]c2ccccc12)N1CCN(C(=O)C2CCC2)CC1. The number of fused-ring (bicyclic) bond motifs is 1. The highest BCUT2D eigenvalue weighted by molar-refractivity contribution is 5.89. The maximum atomic E-state index is 12.6. The van der Waals surface area contributed by atoms with E-state index in [0.29, 0.717) is 38.5 Å². The Labute approximate surface area is 141 Å². The number of aromatic nitrogens is 1. The predicted octanol–water partition coefficient (Wildman–Crippen LogP) is 2.18. The van der Waals surface area contributed by atoms with Crippen molar-refractivity contribution < 1.29 is 9.59 Å². The fraction of sp³-hybridized carbons (Fsp3) is 0.474. The van der Waals surface area contributed by atoms with Crippen LogP contribution in [0.15, 0.2) is 30.5 Å². The summed E-state index contributed by atoms with van der Waals surface area (Å²) in [7, 11) is 0. The Morgan fingerprint density at radius 1 is 1.04 bits per heavy atom. The molecule has 0 spiro atoms.